The van der Waals surface area contributed by atoms with Crippen molar-refractivity contribution in [3.8, 4) is 0 Å². The van der Waals surface area contributed by atoms with Gasteiger partial charge in [0.05, 0.1) is 5.52 Å². The molecule has 0 amide bonds. The highest BCUT2D eigenvalue weighted by Gasteiger charge is 2.12. The zero-order chi connectivity index (χ0) is 14.8. The molecular weight excluding hydrogens is 258 g/mol. The summed E-state index contributed by atoms with van der Waals surface area (Å²) in [5, 5.41) is 0.901. The third-order valence-corrected chi connectivity index (χ3v) is 3.73. The summed E-state index contributed by atoms with van der Waals surface area (Å²) in [6, 6.07) is 17.4. The number of hydrogen-bond donors (Lipinski definition) is 0. The number of pyridine rings is 1. The summed E-state index contributed by atoms with van der Waals surface area (Å²) in [4.78, 5) is 17.0. The number of rotatable bonds is 3. The molecule has 0 aliphatic carbocycles. The molecule has 3 rings (SSSR count). The van der Waals surface area contributed by atoms with Crippen LogP contribution in [0.1, 0.15) is 41.3 Å². The molecule has 0 radical (unpaired) electrons. The van der Waals surface area contributed by atoms with E-state index < -0.39 is 0 Å². The maximum Gasteiger partial charge on any atom is 0.193 e. The zero-order valence-electron chi connectivity index (χ0n) is 12.2. The van der Waals surface area contributed by atoms with Crippen LogP contribution in [0, 0.1) is 0 Å². The van der Waals surface area contributed by atoms with Crippen LogP contribution >= 0.6 is 0 Å². The molecule has 2 aromatic carbocycles. The molecule has 0 N–H and O–H groups in total. The zero-order valence-corrected chi connectivity index (χ0v) is 12.2. The Bertz CT molecular complexity index is 783. The number of hydrogen-bond acceptors (Lipinski definition) is 2. The molecular formula is C19H17NO. The van der Waals surface area contributed by atoms with Crippen molar-refractivity contribution >= 4 is 16.7 Å². The van der Waals surface area contributed by atoms with Crippen LogP contribution in [-0.4, -0.2) is 10.8 Å². The van der Waals surface area contributed by atoms with E-state index >= 15 is 0 Å². The van der Waals surface area contributed by atoms with E-state index in [1.54, 1.807) is 6.20 Å². The molecule has 21 heavy (non-hydrogen) atoms. The lowest BCUT2D eigenvalue weighted by Gasteiger charge is -2.08. The molecule has 0 saturated heterocycles. The third kappa shape index (κ3) is 2.57. The van der Waals surface area contributed by atoms with Crippen molar-refractivity contribution in [1.29, 1.82) is 0 Å². The average molecular weight is 275 g/mol. The Balaban J connectivity index is 2.04. The second kappa shape index (κ2) is 5.49. The van der Waals surface area contributed by atoms with Gasteiger partial charge < -0.3 is 0 Å². The molecule has 3 aromatic rings. The van der Waals surface area contributed by atoms with Gasteiger partial charge in [0.1, 0.15) is 0 Å². The van der Waals surface area contributed by atoms with Crippen LogP contribution in [0.15, 0.2) is 60.8 Å². The van der Waals surface area contributed by atoms with Crippen LogP contribution in [0.25, 0.3) is 10.9 Å². The van der Waals surface area contributed by atoms with Crippen LogP contribution in [-0.2, 0) is 0 Å². The van der Waals surface area contributed by atoms with Gasteiger partial charge in [-0.3, -0.25) is 9.78 Å². The van der Waals surface area contributed by atoms with Crippen molar-refractivity contribution in [2.45, 2.75) is 19.8 Å². The van der Waals surface area contributed by atoms with Crippen molar-refractivity contribution in [2.75, 3.05) is 0 Å². The first kappa shape index (κ1) is 13.5. The predicted molar refractivity (Wildman–Crippen MR) is 85.7 cm³/mol. The van der Waals surface area contributed by atoms with Crippen molar-refractivity contribution in [3.63, 3.8) is 0 Å². The second-order valence-electron chi connectivity index (χ2n) is 5.48. The van der Waals surface area contributed by atoms with E-state index in [1.165, 1.54) is 5.56 Å². The number of benzene rings is 2. The highest BCUT2D eigenvalue weighted by Crippen LogP contribution is 2.21. The van der Waals surface area contributed by atoms with E-state index in [0.717, 1.165) is 16.5 Å². The summed E-state index contributed by atoms with van der Waals surface area (Å²) in [6.07, 6.45) is 1.74. The lowest BCUT2D eigenvalue weighted by Crippen LogP contribution is -2.03. The lowest BCUT2D eigenvalue weighted by atomic mass is 9.96. The number of nitrogens with zero attached hydrogens (tertiary/aromatic N) is 1. The maximum atomic E-state index is 12.7. The molecule has 0 aliphatic heterocycles. The lowest BCUT2D eigenvalue weighted by molar-refractivity contribution is 0.104. The summed E-state index contributed by atoms with van der Waals surface area (Å²) >= 11 is 0. The highest BCUT2D eigenvalue weighted by molar-refractivity contribution is 6.15. The van der Waals surface area contributed by atoms with Crippen molar-refractivity contribution in [1.82, 2.24) is 4.98 Å². The Morgan fingerprint density at radius 1 is 0.952 bits per heavy atom. The molecule has 104 valence electrons. The Morgan fingerprint density at radius 2 is 1.71 bits per heavy atom. The van der Waals surface area contributed by atoms with Gasteiger partial charge in [-0.05, 0) is 23.6 Å². The van der Waals surface area contributed by atoms with Gasteiger partial charge in [-0.1, -0.05) is 56.3 Å². The van der Waals surface area contributed by atoms with Gasteiger partial charge in [0.2, 0.25) is 0 Å². The van der Waals surface area contributed by atoms with Crippen LogP contribution in [0.5, 0.6) is 0 Å². The van der Waals surface area contributed by atoms with Crippen molar-refractivity contribution in [3.05, 3.63) is 77.5 Å². The fraction of sp³-hybridized carbons (Fsp3) is 0.158. The number of fused-ring (bicyclic) bond motifs is 1. The van der Waals surface area contributed by atoms with Gasteiger partial charge in [0, 0.05) is 22.7 Å². The van der Waals surface area contributed by atoms with E-state index in [0.29, 0.717) is 11.5 Å². The summed E-state index contributed by atoms with van der Waals surface area (Å²) in [6.45, 7) is 4.29. The van der Waals surface area contributed by atoms with Gasteiger partial charge in [0.15, 0.2) is 5.78 Å². The molecule has 2 heteroatoms. The fourth-order valence-corrected chi connectivity index (χ4v) is 2.48. The number of ketones is 1. The molecule has 1 aromatic heterocycles. The van der Waals surface area contributed by atoms with E-state index in [4.69, 9.17) is 0 Å². The topological polar surface area (TPSA) is 30.0 Å². The SMILES string of the molecule is CC(C)c1ccc(C(=O)c2cccc3ncccc23)cc1. The average Bonchev–Trinajstić information content (AvgIpc) is 2.53. The smallest absolute Gasteiger partial charge is 0.193 e. The summed E-state index contributed by atoms with van der Waals surface area (Å²) in [5.41, 5.74) is 3.52. The van der Waals surface area contributed by atoms with E-state index in [1.807, 2.05) is 54.6 Å². The summed E-state index contributed by atoms with van der Waals surface area (Å²) < 4.78 is 0. The van der Waals surface area contributed by atoms with Crippen LogP contribution in [0.3, 0.4) is 0 Å². The highest BCUT2D eigenvalue weighted by atomic mass is 16.1. The number of carbonyl (C=O) groups is 1. The Morgan fingerprint density at radius 3 is 2.43 bits per heavy atom. The number of aromatic nitrogens is 1. The molecule has 0 bridgehead atoms. The van der Waals surface area contributed by atoms with E-state index in [2.05, 4.69) is 18.8 Å². The third-order valence-electron chi connectivity index (χ3n) is 3.73. The largest absolute Gasteiger partial charge is 0.289 e. The summed E-state index contributed by atoms with van der Waals surface area (Å²) in [5.74, 6) is 0.514. The van der Waals surface area contributed by atoms with Crippen molar-refractivity contribution < 1.29 is 4.79 Å². The maximum absolute atomic E-state index is 12.7. The molecule has 0 atom stereocenters. The molecule has 1 heterocycles. The normalized spacial score (nSPS) is 11.0. The molecule has 0 spiro atoms. The van der Waals surface area contributed by atoms with E-state index in [9.17, 15) is 4.79 Å². The van der Waals surface area contributed by atoms with Gasteiger partial charge in [-0.25, -0.2) is 0 Å². The van der Waals surface area contributed by atoms with Crippen LogP contribution in [0.2, 0.25) is 0 Å². The van der Waals surface area contributed by atoms with Gasteiger partial charge in [0.25, 0.3) is 0 Å². The quantitative estimate of drug-likeness (QED) is 0.654. The Labute approximate surface area is 124 Å². The fourth-order valence-electron chi connectivity index (χ4n) is 2.48. The molecule has 0 saturated carbocycles. The Hall–Kier alpha value is -2.48. The molecule has 0 aliphatic rings. The Kier molecular flexibility index (Phi) is 3.53. The monoisotopic (exact) mass is 275 g/mol. The predicted octanol–water partition coefficient (Wildman–Crippen LogP) is 4.59. The first-order chi connectivity index (χ1) is 10.2. The van der Waals surface area contributed by atoms with Crippen LogP contribution < -0.4 is 0 Å². The van der Waals surface area contributed by atoms with Gasteiger partial charge >= 0.3 is 0 Å². The second-order valence-corrected chi connectivity index (χ2v) is 5.48. The minimum atomic E-state index is 0.0453. The molecule has 0 unspecified atom stereocenters. The van der Waals surface area contributed by atoms with Crippen molar-refractivity contribution in [2.24, 2.45) is 0 Å². The first-order valence-corrected chi connectivity index (χ1v) is 7.15. The molecule has 0 fully saturated rings. The molecule has 2 nitrogen and oxygen atoms in total. The first-order valence-electron chi connectivity index (χ1n) is 7.15. The van der Waals surface area contributed by atoms with E-state index in [-0.39, 0.29) is 5.78 Å². The van der Waals surface area contributed by atoms with Gasteiger partial charge in [-0.2, -0.15) is 0 Å². The standard InChI is InChI=1S/C19H17NO/c1-13(2)14-8-10-15(11-9-14)19(21)17-5-3-7-18-16(17)6-4-12-20-18/h3-13H,1-2H3. The summed E-state index contributed by atoms with van der Waals surface area (Å²) in [7, 11) is 0. The number of carbonyl (C=O) groups excluding carboxylic acids is 1. The minimum absolute atomic E-state index is 0.0453. The van der Waals surface area contributed by atoms with Crippen LogP contribution in [0.4, 0.5) is 0 Å². The van der Waals surface area contributed by atoms with Gasteiger partial charge in [-0.15, -0.1) is 0 Å². The minimum Gasteiger partial charge on any atom is -0.289 e.